The summed E-state index contributed by atoms with van der Waals surface area (Å²) in [7, 11) is 1.98. The van der Waals surface area contributed by atoms with Crippen molar-refractivity contribution in [3.63, 3.8) is 0 Å². The molecule has 0 atom stereocenters. The molecule has 2 N–H and O–H groups in total. The molecule has 24 heavy (non-hydrogen) atoms. The summed E-state index contributed by atoms with van der Waals surface area (Å²) in [5, 5.41) is 11.2. The monoisotopic (exact) mass is 335 g/mol. The van der Waals surface area contributed by atoms with Crippen LogP contribution < -0.4 is 10.6 Å². The number of carbonyl (C=O) groups excluding carboxylic acids is 1. The van der Waals surface area contributed by atoms with Crippen LogP contribution in [0.5, 0.6) is 0 Å². The number of piperidine rings is 1. The summed E-state index contributed by atoms with van der Waals surface area (Å²) in [4.78, 5) is 14.0. The van der Waals surface area contributed by atoms with Gasteiger partial charge in [-0.3, -0.25) is 14.4 Å². The minimum absolute atomic E-state index is 0.153. The number of amides is 1. The highest BCUT2D eigenvalue weighted by atomic mass is 16.2. The van der Waals surface area contributed by atoms with Gasteiger partial charge in [0.15, 0.2) is 0 Å². The van der Waals surface area contributed by atoms with E-state index in [-0.39, 0.29) is 5.91 Å². The van der Waals surface area contributed by atoms with Crippen LogP contribution in [0.15, 0.2) is 6.20 Å². The fraction of sp³-hybridized carbons (Fsp3) is 0.778. The molecule has 6 nitrogen and oxygen atoms in total. The standard InChI is InChI=1S/C18H33N5O/c1-5-8-19-17(24)13-23-9-6-16(7-10-23)20-11-15-12-22(4)21-18(15)14(2)3/h12,14,16,20H,5-11,13H2,1-4H3,(H,19,24). The predicted octanol–water partition coefficient (Wildman–Crippen LogP) is 1.62. The quantitative estimate of drug-likeness (QED) is 0.758. The van der Waals surface area contributed by atoms with Gasteiger partial charge in [0, 0.05) is 51.0 Å². The second-order valence-electron chi connectivity index (χ2n) is 7.15. The third kappa shape index (κ3) is 5.60. The van der Waals surface area contributed by atoms with Crippen LogP contribution in [0.25, 0.3) is 0 Å². The van der Waals surface area contributed by atoms with E-state index in [4.69, 9.17) is 0 Å². The van der Waals surface area contributed by atoms with Gasteiger partial charge < -0.3 is 10.6 Å². The second-order valence-corrected chi connectivity index (χ2v) is 7.15. The molecular weight excluding hydrogens is 302 g/mol. The zero-order chi connectivity index (χ0) is 17.5. The summed E-state index contributed by atoms with van der Waals surface area (Å²) < 4.78 is 1.91. The first-order chi connectivity index (χ1) is 11.5. The first-order valence-corrected chi connectivity index (χ1v) is 9.24. The van der Waals surface area contributed by atoms with Crippen molar-refractivity contribution in [1.29, 1.82) is 0 Å². The number of aryl methyl sites for hydroxylation is 1. The molecule has 0 unspecified atom stereocenters. The Balaban J connectivity index is 1.73. The number of carbonyl (C=O) groups is 1. The number of hydrogen-bond donors (Lipinski definition) is 2. The van der Waals surface area contributed by atoms with Crippen molar-refractivity contribution in [3.8, 4) is 0 Å². The molecule has 0 spiro atoms. The van der Waals surface area contributed by atoms with Gasteiger partial charge in [0.1, 0.15) is 0 Å². The molecule has 0 aromatic carbocycles. The third-order valence-electron chi connectivity index (χ3n) is 4.59. The Hall–Kier alpha value is -1.40. The maximum atomic E-state index is 11.8. The van der Waals surface area contributed by atoms with Gasteiger partial charge in [-0.15, -0.1) is 0 Å². The average molecular weight is 335 g/mol. The Kier molecular flexibility index (Phi) is 7.24. The first kappa shape index (κ1) is 18.9. The van der Waals surface area contributed by atoms with E-state index in [9.17, 15) is 4.79 Å². The molecule has 0 radical (unpaired) electrons. The predicted molar refractivity (Wildman–Crippen MR) is 96.9 cm³/mol. The molecule has 136 valence electrons. The van der Waals surface area contributed by atoms with Crippen LogP contribution >= 0.6 is 0 Å². The lowest BCUT2D eigenvalue weighted by atomic mass is 10.0. The van der Waals surface area contributed by atoms with Crippen molar-refractivity contribution in [2.45, 2.75) is 58.5 Å². The molecule has 1 aliphatic rings. The van der Waals surface area contributed by atoms with Crippen molar-refractivity contribution < 1.29 is 4.79 Å². The van der Waals surface area contributed by atoms with Crippen molar-refractivity contribution >= 4 is 5.91 Å². The van der Waals surface area contributed by atoms with Crippen LogP contribution in [0.4, 0.5) is 0 Å². The molecule has 1 aromatic heterocycles. The molecule has 0 aliphatic carbocycles. The van der Waals surface area contributed by atoms with Gasteiger partial charge in [0.2, 0.25) is 5.91 Å². The van der Waals surface area contributed by atoms with Crippen LogP contribution in [0, 0.1) is 0 Å². The number of aromatic nitrogens is 2. The maximum Gasteiger partial charge on any atom is 0.234 e. The van der Waals surface area contributed by atoms with E-state index >= 15 is 0 Å². The number of hydrogen-bond acceptors (Lipinski definition) is 4. The molecule has 1 aromatic rings. The summed E-state index contributed by atoms with van der Waals surface area (Å²) in [5.74, 6) is 0.603. The summed E-state index contributed by atoms with van der Waals surface area (Å²) in [6, 6.07) is 0.528. The van der Waals surface area contributed by atoms with E-state index in [2.05, 4.69) is 47.6 Å². The van der Waals surface area contributed by atoms with Gasteiger partial charge in [0.05, 0.1) is 12.2 Å². The normalized spacial score (nSPS) is 16.7. The first-order valence-electron chi connectivity index (χ1n) is 9.24. The zero-order valence-electron chi connectivity index (χ0n) is 15.6. The van der Waals surface area contributed by atoms with E-state index in [0.29, 0.717) is 18.5 Å². The summed E-state index contributed by atoms with van der Waals surface area (Å²) in [6.07, 6.45) is 5.30. The minimum Gasteiger partial charge on any atom is -0.355 e. The Bertz CT molecular complexity index is 517. The molecule has 1 saturated heterocycles. The molecule has 0 saturated carbocycles. The molecule has 1 amide bonds. The molecular formula is C18H33N5O. The Morgan fingerprint density at radius 2 is 2.08 bits per heavy atom. The highest BCUT2D eigenvalue weighted by molar-refractivity contribution is 5.77. The SMILES string of the molecule is CCCNC(=O)CN1CCC(NCc2cn(C)nc2C(C)C)CC1. The van der Waals surface area contributed by atoms with E-state index in [1.807, 2.05) is 11.7 Å². The largest absolute Gasteiger partial charge is 0.355 e. The van der Waals surface area contributed by atoms with Gasteiger partial charge in [-0.1, -0.05) is 20.8 Å². The molecule has 2 heterocycles. The number of nitrogens with one attached hydrogen (secondary N) is 2. The van der Waals surface area contributed by atoms with E-state index in [0.717, 1.165) is 45.4 Å². The van der Waals surface area contributed by atoms with Gasteiger partial charge in [-0.05, 0) is 25.2 Å². The number of rotatable bonds is 8. The molecule has 6 heteroatoms. The highest BCUT2D eigenvalue weighted by Crippen LogP contribution is 2.18. The topological polar surface area (TPSA) is 62.2 Å². The van der Waals surface area contributed by atoms with E-state index in [1.165, 1.54) is 11.3 Å². The highest BCUT2D eigenvalue weighted by Gasteiger charge is 2.21. The van der Waals surface area contributed by atoms with Crippen LogP contribution in [0.3, 0.4) is 0 Å². The zero-order valence-corrected chi connectivity index (χ0v) is 15.6. The summed E-state index contributed by atoms with van der Waals surface area (Å²) in [6.45, 7) is 10.6. The maximum absolute atomic E-state index is 11.8. The van der Waals surface area contributed by atoms with Crippen molar-refractivity contribution in [2.75, 3.05) is 26.2 Å². The molecule has 2 rings (SSSR count). The minimum atomic E-state index is 0.153. The number of likely N-dealkylation sites (tertiary alicyclic amines) is 1. The Morgan fingerprint density at radius 1 is 1.38 bits per heavy atom. The van der Waals surface area contributed by atoms with Gasteiger partial charge in [-0.2, -0.15) is 5.10 Å². The van der Waals surface area contributed by atoms with Gasteiger partial charge in [-0.25, -0.2) is 0 Å². The number of nitrogens with zero attached hydrogens (tertiary/aromatic N) is 3. The molecule has 1 fully saturated rings. The molecule has 0 bridgehead atoms. The fourth-order valence-electron chi connectivity index (χ4n) is 3.25. The van der Waals surface area contributed by atoms with E-state index < -0.39 is 0 Å². The van der Waals surface area contributed by atoms with Crippen molar-refractivity contribution in [1.82, 2.24) is 25.3 Å². The van der Waals surface area contributed by atoms with Gasteiger partial charge >= 0.3 is 0 Å². The molecule has 1 aliphatic heterocycles. The van der Waals surface area contributed by atoms with E-state index in [1.54, 1.807) is 0 Å². The summed E-state index contributed by atoms with van der Waals surface area (Å²) in [5.41, 5.74) is 2.49. The second kappa shape index (κ2) is 9.18. The average Bonchev–Trinajstić information content (AvgIpc) is 2.93. The van der Waals surface area contributed by atoms with Crippen molar-refractivity contribution in [3.05, 3.63) is 17.5 Å². The Morgan fingerprint density at radius 3 is 2.71 bits per heavy atom. The lowest BCUT2D eigenvalue weighted by Crippen LogP contribution is -2.46. The third-order valence-corrected chi connectivity index (χ3v) is 4.59. The van der Waals surface area contributed by atoms with Crippen LogP contribution in [-0.4, -0.2) is 52.8 Å². The van der Waals surface area contributed by atoms with Crippen LogP contribution in [0.2, 0.25) is 0 Å². The lowest BCUT2D eigenvalue weighted by molar-refractivity contribution is -0.122. The summed E-state index contributed by atoms with van der Waals surface area (Å²) >= 11 is 0. The van der Waals surface area contributed by atoms with Crippen LogP contribution in [0.1, 0.15) is 57.2 Å². The fourth-order valence-corrected chi connectivity index (χ4v) is 3.25. The lowest BCUT2D eigenvalue weighted by Gasteiger charge is -2.32. The van der Waals surface area contributed by atoms with Crippen LogP contribution in [-0.2, 0) is 18.4 Å². The van der Waals surface area contributed by atoms with Crippen molar-refractivity contribution in [2.24, 2.45) is 7.05 Å². The van der Waals surface area contributed by atoms with Gasteiger partial charge in [0.25, 0.3) is 0 Å². The Labute approximate surface area is 146 Å². The smallest absolute Gasteiger partial charge is 0.234 e.